The number of nitrogens with one attached hydrogen (secondary N) is 1. The average Bonchev–Trinajstić information content (AvgIpc) is 2.90. The van der Waals surface area contributed by atoms with E-state index in [2.05, 4.69) is 5.32 Å². The van der Waals surface area contributed by atoms with Crippen molar-refractivity contribution in [1.82, 2.24) is 19.6 Å². The molecule has 3 aromatic rings. The molecule has 190 valence electrons. The van der Waals surface area contributed by atoms with Crippen LogP contribution < -0.4 is 15.8 Å². The van der Waals surface area contributed by atoms with E-state index >= 15 is 0 Å². The van der Waals surface area contributed by atoms with Crippen molar-refractivity contribution < 1.29 is 14.4 Å². The van der Waals surface area contributed by atoms with Gasteiger partial charge in [0.15, 0.2) is 5.41 Å². The number of barbiturate groups is 1. The van der Waals surface area contributed by atoms with E-state index in [9.17, 15) is 19.2 Å². The Hall–Kier alpha value is -4.01. The summed E-state index contributed by atoms with van der Waals surface area (Å²) in [5.74, 6) is -0.678. The molecule has 0 aliphatic carbocycles. The van der Waals surface area contributed by atoms with Crippen molar-refractivity contribution in [3.8, 4) is 0 Å². The van der Waals surface area contributed by atoms with Crippen LogP contribution in [0.1, 0.15) is 54.5 Å². The van der Waals surface area contributed by atoms with Crippen LogP contribution in [0.15, 0.2) is 47.4 Å². The van der Waals surface area contributed by atoms with Gasteiger partial charge in [0.1, 0.15) is 11.5 Å². The van der Waals surface area contributed by atoms with Crippen LogP contribution in [0.3, 0.4) is 0 Å². The third-order valence-corrected chi connectivity index (χ3v) is 8.08. The summed E-state index contributed by atoms with van der Waals surface area (Å²) in [7, 11) is 0. The molecule has 3 aliphatic heterocycles. The summed E-state index contributed by atoms with van der Waals surface area (Å²) in [5, 5.41) is 2.48. The Bertz CT molecular complexity index is 1530. The predicted octanol–water partition coefficient (Wildman–Crippen LogP) is 2.92. The first-order valence-corrected chi connectivity index (χ1v) is 12.9. The fraction of sp³-hybridized carbons (Fsp3) is 0.393. The molecule has 37 heavy (non-hydrogen) atoms. The highest BCUT2D eigenvalue weighted by Crippen LogP contribution is 2.52. The molecule has 0 bridgehead atoms. The zero-order valence-corrected chi connectivity index (χ0v) is 21.0. The van der Waals surface area contributed by atoms with Gasteiger partial charge < -0.3 is 4.90 Å². The molecule has 6 rings (SSSR count). The second-order valence-electron chi connectivity index (χ2n) is 10.2. The monoisotopic (exact) mass is 499 g/mol. The molecule has 3 aliphatic rings. The van der Waals surface area contributed by atoms with Gasteiger partial charge >= 0.3 is 6.03 Å². The number of aryl methyl sites for hydroxylation is 1. The molecule has 2 atom stereocenters. The highest BCUT2D eigenvalue weighted by Gasteiger charge is 2.64. The molecule has 0 unspecified atom stereocenters. The Morgan fingerprint density at radius 1 is 1.08 bits per heavy atom. The number of benzene rings is 1. The van der Waals surface area contributed by atoms with Crippen molar-refractivity contribution in [2.24, 2.45) is 5.41 Å². The number of unbranched alkanes of at least 4 members (excludes halogenated alkanes) is 2. The summed E-state index contributed by atoms with van der Waals surface area (Å²) in [5.41, 5.74) is 1.68. The first-order valence-electron chi connectivity index (χ1n) is 12.9. The second kappa shape index (κ2) is 8.54. The number of hydrogen-bond acceptors (Lipinski definition) is 6. The van der Waals surface area contributed by atoms with Gasteiger partial charge in [-0.3, -0.25) is 29.0 Å². The minimum absolute atomic E-state index is 0.122. The number of imide groups is 2. The van der Waals surface area contributed by atoms with E-state index in [0.29, 0.717) is 36.4 Å². The Balaban J connectivity index is 1.61. The van der Waals surface area contributed by atoms with Gasteiger partial charge in [-0.1, -0.05) is 50.1 Å². The number of fused-ring (bicyclic) bond motifs is 7. The van der Waals surface area contributed by atoms with E-state index < -0.39 is 29.3 Å². The molecule has 1 aromatic carbocycles. The smallest absolute Gasteiger partial charge is 0.330 e. The lowest BCUT2D eigenvalue weighted by Crippen LogP contribution is -2.70. The number of carbonyl (C=O) groups excluding carboxylic acids is 3. The maximum absolute atomic E-state index is 14.3. The number of aromatic nitrogens is 2. The Kier molecular flexibility index (Phi) is 5.40. The molecule has 2 aromatic heterocycles. The van der Waals surface area contributed by atoms with Crippen molar-refractivity contribution >= 4 is 29.3 Å². The minimum Gasteiger partial charge on any atom is -0.347 e. The van der Waals surface area contributed by atoms with Gasteiger partial charge in [0, 0.05) is 25.7 Å². The van der Waals surface area contributed by atoms with Crippen LogP contribution >= 0.6 is 0 Å². The molecule has 1 fully saturated rings. The van der Waals surface area contributed by atoms with E-state index in [-0.39, 0.29) is 18.5 Å². The highest BCUT2D eigenvalue weighted by atomic mass is 16.2. The Labute approximate surface area is 214 Å². The van der Waals surface area contributed by atoms with Gasteiger partial charge in [-0.15, -0.1) is 0 Å². The van der Waals surface area contributed by atoms with Crippen LogP contribution in [0.2, 0.25) is 0 Å². The summed E-state index contributed by atoms with van der Waals surface area (Å²) in [4.78, 5) is 62.9. The summed E-state index contributed by atoms with van der Waals surface area (Å²) in [6, 6.07) is 10.1. The molecule has 9 nitrogen and oxygen atoms in total. The molecule has 0 saturated carbocycles. The van der Waals surface area contributed by atoms with Crippen LogP contribution in [0, 0.1) is 12.3 Å². The third kappa shape index (κ3) is 3.26. The summed E-state index contributed by atoms with van der Waals surface area (Å²) >= 11 is 0. The number of pyridine rings is 1. The zero-order valence-electron chi connectivity index (χ0n) is 21.0. The highest BCUT2D eigenvalue weighted by molar-refractivity contribution is 6.20. The Morgan fingerprint density at radius 2 is 1.89 bits per heavy atom. The molecule has 4 amide bonds. The number of urea groups is 1. The molecule has 1 saturated heterocycles. The van der Waals surface area contributed by atoms with Crippen molar-refractivity contribution in [3.63, 3.8) is 0 Å². The number of anilines is 1. The SMILES string of the molecule is CCCCCN1C(=O)NC(=O)[C@@]2(Cc3c(nc4c(C)cccn4c3=O)N3CCc4ccccc4[C@@H]32)C1=O. The molecule has 1 spiro atoms. The number of rotatable bonds is 4. The van der Waals surface area contributed by atoms with Crippen molar-refractivity contribution in [1.29, 1.82) is 0 Å². The molecular formula is C28H29N5O4. The summed E-state index contributed by atoms with van der Waals surface area (Å²) < 4.78 is 1.48. The summed E-state index contributed by atoms with van der Waals surface area (Å²) in [6.45, 7) is 4.67. The van der Waals surface area contributed by atoms with Gasteiger partial charge in [0.05, 0.1) is 11.6 Å². The lowest BCUT2D eigenvalue weighted by Gasteiger charge is -2.53. The molecule has 5 heterocycles. The standard InChI is InChI=1S/C28H29N5O4/c1-3-4-7-13-33-26(36)28(25(35)30-27(33)37)16-20-23(29-22-17(2)9-8-14-32(22)24(20)34)31-15-12-18-10-5-6-11-19(18)21(28)31/h5-6,8-11,14,21H,3-4,7,12-13,15-16H2,1-2H3,(H,30,35,37)/t21-,28+/m1/s1. The van der Waals surface area contributed by atoms with Gasteiger partial charge in [-0.05, 0) is 42.5 Å². The first-order chi connectivity index (χ1) is 17.9. The maximum Gasteiger partial charge on any atom is 0.330 e. The topological polar surface area (TPSA) is 104 Å². The van der Waals surface area contributed by atoms with E-state index in [0.717, 1.165) is 29.5 Å². The van der Waals surface area contributed by atoms with Crippen LogP contribution in [-0.2, 0) is 22.4 Å². The molecule has 9 heteroatoms. The summed E-state index contributed by atoms with van der Waals surface area (Å²) in [6.07, 6.45) is 4.66. The van der Waals surface area contributed by atoms with E-state index in [4.69, 9.17) is 4.98 Å². The average molecular weight is 500 g/mol. The first kappa shape index (κ1) is 23.4. The van der Waals surface area contributed by atoms with Crippen LogP contribution in [0.5, 0.6) is 0 Å². The van der Waals surface area contributed by atoms with E-state index in [1.165, 1.54) is 9.30 Å². The zero-order chi connectivity index (χ0) is 25.9. The van der Waals surface area contributed by atoms with Gasteiger partial charge in [-0.2, -0.15) is 0 Å². The van der Waals surface area contributed by atoms with Crippen LogP contribution in [-0.4, -0.2) is 45.2 Å². The van der Waals surface area contributed by atoms with Crippen molar-refractivity contribution in [2.75, 3.05) is 18.0 Å². The second-order valence-corrected chi connectivity index (χ2v) is 10.2. The van der Waals surface area contributed by atoms with Gasteiger partial charge in [-0.25, -0.2) is 9.78 Å². The number of nitrogens with zero attached hydrogens (tertiary/aromatic N) is 4. The van der Waals surface area contributed by atoms with Crippen LogP contribution in [0.25, 0.3) is 5.65 Å². The third-order valence-electron chi connectivity index (χ3n) is 8.08. The predicted molar refractivity (Wildman–Crippen MR) is 137 cm³/mol. The largest absolute Gasteiger partial charge is 0.347 e. The van der Waals surface area contributed by atoms with Crippen molar-refractivity contribution in [2.45, 2.75) is 52.0 Å². The molecular weight excluding hydrogens is 470 g/mol. The quantitative estimate of drug-likeness (QED) is 0.437. The maximum atomic E-state index is 14.3. The lowest BCUT2D eigenvalue weighted by molar-refractivity contribution is -0.154. The number of amides is 4. The molecule has 1 N–H and O–H groups in total. The molecule has 0 radical (unpaired) electrons. The van der Waals surface area contributed by atoms with E-state index in [1.807, 2.05) is 49.1 Å². The van der Waals surface area contributed by atoms with Gasteiger partial charge in [0.2, 0.25) is 11.8 Å². The van der Waals surface area contributed by atoms with Crippen LogP contribution in [0.4, 0.5) is 10.6 Å². The van der Waals surface area contributed by atoms with Gasteiger partial charge in [0.25, 0.3) is 5.56 Å². The minimum atomic E-state index is -1.66. The fourth-order valence-corrected chi connectivity index (χ4v) is 6.24. The Morgan fingerprint density at radius 3 is 2.70 bits per heavy atom. The lowest BCUT2D eigenvalue weighted by atomic mass is 9.65. The number of hydrogen-bond donors (Lipinski definition) is 1. The normalized spacial score (nSPS) is 22.6. The van der Waals surface area contributed by atoms with Crippen molar-refractivity contribution in [3.05, 3.63) is 75.2 Å². The number of carbonyl (C=O) groups is 3. The fourth-order valence-electron chi connectivity index (χ4n) is 6.24. The van der Waals surface area contributed by atoms with E-state index in [1.54, 1.807) is 12.3 Å².